The van der Waals surface area contributed by atoms with Crippen molar-refractivity contribution in [3.8, 4) is 5.69 Å². The fraction of sp³-hybridized carbons (Fsp3) is 0.353. The predicted molar refractivity (Wildman–Crippen MR) is 84.3 cm³/mol. The number of carbonyl (C=O) groups excluding carboxylic acids is 2. The number of aliphatic hydroxyl groups excluding tert-OH is 1. The fourth-order valence-corrected chi connectivity index (χ4v) is 2.59. The Bertz CT molecular complexity index is 692. The van der Waals surface area contributed by atoms with E-state index in [0.717, 1.165) is 18.5 Å². The van der Waals surface area contributed by atoms with E-state index in [1.807, 2.05) is 30.3 Å². The summed E-state index contributed by atoms with van der Waals surface area (Å²) >= 11 is 0. The second-order valence-electron chi connectivity index (χ2n) is 5.77. The van der Waals surface area contributed by atoms with Crippen molar-refractivity contribution in [3.63, 3.8) is 0 Å². The normalized spacial score (nSPS) is 15.2. The summed E-state index contributed by atoms with van der Waals surface area (Å²) in [7, 11) is 0. The van der Waals surface area contributed by atoms with Crippen LogP contribution in [0.15, 0.2) is 42.7 Å². The van der Waals surface area contributed by atoms with Crippen LogP contribution in [0.1, 0.15) is 29.6 Å². The summed E-state index contributed by atoms with van der Waals surface area (Å²) in [6.45, 7) is 0.00156. The zero-order chi connectivity index (χ0) is 16.2. The van der Waals surface area contributed by atoms with E-state index in [2.05, 4.69) is 10.4 Å². The predicted octanol–water partition coefficient (Wildman–Crippen LogP) is 1.33. The molecule has 1 saturated carbocycles. The van der Waals surface area contributed by atoms with Crippen LogP contribution in [0.4, 0.5) is 0 Å². The molecule has 1 unspecified atom stereocenters. The Balaban J connectivity index is 1.68. The van der Waals surface area contributed by atoms with Gasteiger partial charge in [-0.15, -0.1) is 0 Å². The number of nitrogens with zero attached hydrogens (tertiary/aromatic N) is 2. The van der Waals surface area contributed by atoms with E-state index in [9.17, 15) is 9.59 Å². The second kappa shape index (κ2) is 6.75. The number of carbonyl (C=O) groups is 2. The highest BCUT2D eigenvalue weighted by Crippen LogP contribution is 2.33. The van der Waals surface area contributed by atoms with Crippen molar-refractivity contribution < 1.29 is 14.7 Å². The van der Waals surface area contributed by atoms with Crippen LogP contribution >= 0.6 is 0 Å². The van der Waals surface area contributed by atoms with Gasteiger partial charge < -0.3 is 10.4 Å². The van der Waals surface area contributed by atoms with Crippen molar-refractivity contribution in [1.29, 1.82) is 0 Å². The molecule has 1 aromatic carbocycles. The first-order chi connectivity index (χ1) is 11.2. The van der Waals surface area contributed by atoms with Crippen LogP contribution < -0.4 is 5.32 Å². The van der Waals surface area contributed by atoms with Gasteiger partial charge in [0.25, 0.3) is 11.7 Å². The summed E-state index contributed by atoms with van der Waals surface area (Å²) in [6, 6.07) is 9.25. The van der Waals surface area contributed by atoms with Crippen LogP contribution in [-0.4, -0.2) is 39.2 Å². The molecule has 2 N–H and O–H groups in total. The summed E-state index contributed by atoms with van der Waals surface area (Å²) in [5.41, 5.74) is 1.08. The van der Waals surface area contributed by atoms with Crippen LogP contribution in [-0.2, 0) is 4.79 Å². The molecule has 1 aromatic heterocycles. The number of amides is 1. The zero-order valence-electron chi connectivity index (χ0n) is 12.7. The largest absolute Gasteiger partial charge is 0.396 e. The van der Waals surface area contributed by atoms with Gasteiger partial charge in [0.2, 0.25) is 0 Å². The molecule has 23 heavy (non-hydrogen) atoms. The number of hydrogen-bond donors (Lipinski definition) is 2. The van der Waals surface area contributed by atoms with Crippen LogP contribution in [0.3, 0.4) is 0 Å². The van der Waals surface area contributed by atoms with Gasteiger partial charge in [0.15, 0.2) is 0 Å². The molecule has 2 aromatic rings. The molecule has 0 spiro atoms. The molecule has 6 nitrogen and oxygen atoms in total. The Morgan fingerprint density at radius 1 is 1.30 bits per heavy atom. The summed E-state index contributed by atoms with van der Waals surface area (Å²) < 4.78 is 1.56. The SMILES string of the molecule is O=C(NC(CCO)C1CC1)C(=O)c1cnn(-c2ccccc2)c1. The molecule has 0 aliphatic heterocycles. The summed E-state index contributed by atoms with van der Waals surface area (Å²) in [6.07, 6.45) is 5.49. The third-order valence-corrected chi connectivity index (χ3v) is 4.02. The minimum absolute atomic E-state index is 0.00156. The third kappa shape index (κ3) is 3.65. The van der Waals surface area contributed by atoms with Gasteiger partial charge in [-0.3, -0.25) is 9.59 Å². The van der Waals surface area contributed by atoms with E-state index in [4.69, 9.17) is 5.11 Å². The Morgan fingerprint density at radius 2 is 2.04 bits per heavy atom. The minimum Gasteiger partial charge on any atom is -0.396 e. The molecule has 1 aliphatic carbocycles. The summed E-state index contributed by atoms with van der Waals surface area (Å²) in [5.74, 6) is -0.857. The highest BCUT2D eigenvalue weighted by atomic mass is 16.3. The molecular formula is C17H19N3O3. The first-order valence-electron chi connectivity index (χ1n) is 7.75. The Kier molecular flexibility index (Phi) is 4.52. The number of para-hydroxylation sites is 1. The van der Waals surface area contributed by atoms with E-state index in [1.165, 1.54) is 6.20 Å². The molecular weight excluding hydrogens is 294 g/mol. The van der Waals surface area contributed by atoms with E-state index in [1.54, 1.807) is 10.9 Å². The number of rotatable bonds is 7. The molecule has 1 amide bonds. The van der Waals surface area contributed by atoms with Crippen molar-refractivity contribution in [1.82, 2.24) is 15.1 Å². The van der Waals surface area contributed by atoms with Crippen LogP contribution in [0.25, 0.3) is 5.69 Å². The topological polar surface area (TPSA) is 84.2 Å². The fourth-order valence-electron chi connectivity index (χ4n) is 2.59. The van der Waals surface area contributed by atoms with Crippen molar-refractivity contribution in [2.75, 3.05) is 6.61 Å². The molecule has 3 rings (SSSR count). The van der Waals surface area contributed by atoms with Crippen molar-refractivity contribution in [2.24, 2.45) is 5.92 Å². The zero-order valence-corrected chi connectivity index (χ0v) is 12.7. The van der Waals surface area contributed by atoms with E-state index in [-0.39, 0.29) is 18.2 Å². The highest BCUT2D eigenvalue weighted by Gasteiger charge is 2.33. The molecule has 0 radical (unpaired) electrons. The monoisotopic (exact) mass is 313 g/mol. The van der Waals surface area contributed by atoms with Gasteiger partial charge >= 0.3 is 0 Å². The van der Waals surface area contributed by atoms with Crippen molar-refractivity contribution in [3.05, 3.63) is 48.3 Å². The molecule has 1 aliphatic rings. The van der Waals surface area contributed by atoms with E-state index >= 15 is 0 Å². The molecule has 0 bridgehead atoms. The average Bonchev–Trinajstić information content (AvgIpc) is 3.31. The van der Waals surface area contributed by atoms with Gasteiger partial charge in [-0.25, -0.2) is 4.68 Å². The third-order valence-electron chi connectivity index (χ3n) is 4.02. The summed E-state index contributed by atoms with van der Waals surface area (Å²) in [4.78, 5) is 24.4. The maximum Gasteiger partial charge on any atom is 0.292 e. The number of ketones is 1. The highest BCUT2D eigenvalue weighted by molar-refractivity contribution is 6.42. The van der Waals surface area contributed by atoms with Gasteiger partial charge in [-0.2, -0.15) is 5.10 Å². The average molecular weight is 313 g/mol. The Labute approximate surface area is 134 Å². The lowest BCUT2D eigenvalue weighted by Gasteiger charge is -2.16. The number of nitrogens with one attached hydrogen (secondary N) is 1. The lowest BCUT2D eigenvalue weighted by atomic mass is 10.1. The standard InChI is InChI=1S/C17H19N3O3/c21-9-8-15(12-6-7-12)19-17(23)16(22)13-10-18-20(11-13)14-4-2-1-3-5-14/h1-5,10-12,15,21H,6-9H2,(H,19,23). The maximum absolute atomic E-state index is 12.2. The van der Waals surface area contributed by atoms with Gasteiger partial charge in [-0.05, 0) is 37.3 Å². The van der Waals surface area contributed by atoms with E-state index in [0.29, 0.717) is 12.3 Å². The Morgan fingerprint density at radius 3 is 2.70 bits per heavy atom. The lowest BCUT2D eigenvalue weighted by molar-refractivity contribution is -0.117. The molecule has 0 saturated heterocycles. The lowest BCUT2D eigenvalue weighted by Crippen LogP contribution is -2.41. The number of Topliss-reactive ketones (excluding diaryl/α,β-unsaturated/α-hetero) is 1. The first-order valence-corrected chi connectivity index (χ1v) is 7.75. The first kappa shape index (κ1) is 15.4. The van der Waals surface area contributed by atoms with Crippen LogP contribution in [0.5, 0.6) is 0 Å². The van der Waals surface area contributed by atoms with Crippen molar-refractivity contribution in [2.45, 2.75) is 25.3 Å². The van der Waals surface area contributed by atoms with Gasteiger partial charge in [-0.1, -0.05) is 18.2 Å². The number of hydrogen-bond acceptors (Lipinski definition) is 4. The van der Waals surface area contributed by atoms with Crippen molar-refractivity contribution >= 4 is 11.7 Å². The van der Waals surface area contributed by atoms with Gasteiger partial charge in [0.05, 0.1) is 17.4 Å². The Hall–Kier alpha value is -2.47. The molecule has 1 atom stereocenters. The smallest absolute Gasteiger partial charge is 0.292 e. The minimum atomic E-state index is -0.636. The number of benzene rings is 1. The molecule has 6 heteroatoms. The quantitative estimate of drug-likeness (QED) is 0.596. The van der Waals surface area contributed by atoms with Gasteiger partial charge in [0.1, 0.15) is 0 Å². The van der Waals surface area contributed by atoms with Gasteiger partial charge in [0, 0.05) is 18.8 Å². The number of aliphatic hydroxyl groups is 1. The molecule has 120 valence electrons. The van der Waals surface area contributed by atoms with Crippen LogP contribution in [0, 0.1) is 5.92 Å². The maximum atomic E-state index is 12.2. The molecule has 1 fully saturated rings. The second-order valence-corrected chi connectivity index (χ2v) is 5.77. The van der Waals surface area contributed by atoms with E-state index < -0.39 is 11.7 Å². The van der Waals surface area contributed by atoms with Crippen LogP contribution in [0.2, 0.25) is 0 Å². The number of aromatic nitrogens is 2. The molecule has 1 heterocycles. The summed E-state index contributed by atoms with van der Waals surface area (Å²) in [5, 5.41) is 15.9.